The Morgan fingerprint density at radius 1 is 1.14 bits per heavy atom. The maximum absolute atomic E-state index is 13.5. The van der Waals surface area contributed by atoms with Gasteiger partial charge >= 0.3 is 6.18 Å². The predicted octanol–water partition coefficient (Wildman–Crippen LogP) is 5.41. The maximum Gasteiger partial charge on any atom is 0.416 e. The van der Waals surface area contributed by atoms with Crippen LogP contribution in [-0.4, -0.2) is 30.1 Å². The van der Waals surface area contributed by atoms with Gasteiger partial charge in [-0.15, -0.1) is 5.10 Å². The molecular weight excluding hydrogens is 483 g/mol. The summed E-state index contributed by atoms with van der Waals surface area (Å²) in [5.74, 6) is 0.145. The topological polar surface area (TPSA) is 101 Å². The van der Waals surface area contributed by atoms with Crippen molar-refractivity contribution in [1.82, 2.24) is 24.1 Å². The van der Waals surface area contributed by atoms with Crippen LogP contribution < -0.4 is 5.32 Å². The van der Waals surface area contributed by atoms with Gasteiger partial charge in [0.05, 0.1) is 17.2 Å². The Hall–Kier alpha value is -4.98. The number of nitriles is 1. The molecule has 184 valence electrons. The number of carbonyl (C=O) groups is 1. The lowest BCUT2D eigenvalue weighted by molar-refractivity contribution is -0.137. The zero-order chi connectivity index (χ0) is 26.3. The number of hydrogen-bond donors (Lipinski definition) is 1. The van der Waals surface area contributed by atoms with Gasteiger partial charge in [-0.1, -0.05) is 12.1 Å². The van der Waals surface area contributed by atoms with Crippen molar-refractivity contribution in [2.75, 3.05) is 5.32 Å². The van der Waals surface area contributed by atoms with E-state index in [-0.39, 0.29) is 23.1 Å². The molecule has 0 saturated heterocycles. The van der Waals surface area contributed by atoms with Gasteiger partial charge in [0.25, 0.3) is 0 Å². The molecule has 1 N–H and O–H groups in total. The maximum atomic E-state index is 13.5. The Morgan fingerprint density at radius 2 is 1.89 bits per heavy atom. The van der Waals surface area contributed by atoms with Crippen LogP contribution in [0.3, 0.4) is 0 Å². The van der Waals surface area contributed by atoms with Gasteiger partial charge < -0.3 is 0 Å². The molecule has 0 radical (unpaired) electrons. The van der Waals surface area contributed by atoms with E-state index in [1.54, 1.807) is 60.4 Å². The first-order chi connectivity index (χ1) is 17.7. The van der Waals surface area contributed by atoms with Crippen molar-refractivity contribution in [2.24, 2.45) is 0 Å². The molecule has 0 saturated carbocycles. The first-order valence-corrected chi connectivity index (χ1v) is 11.0. The molecular formula is C26H18F3N7O. The average Bonchev–Trinajstić information content (AvgIpc) is 3.49. The number of rotatable bonds is 4. The average molecular weight is 501 g/mol. The number of nitrogens with zero attached hydrogens (tertiary/aromatic N) is 6. The zero-order valence-electron chi connectivity index (χ0n) is 19.6. The number of fused-ring (bicyclic) bond motifs is 1. The van der Waals surface area contributed by atoms with E-state index < -0.39 is 11.7 Å². The van der Waals surface area contributed by atoms with Crippen LogP contribution in [0.2, 0.25) is 0 Å². The molecule has 0 aliphatic carbocycles. The van der Waals surface area contributed by atoms with Crippen molar-refractivity contribution in [3.05, 3.63) is 83.8 Å². The monoisotopic (exact) mass is 501 g/mol. The number of alkyl halides is 3. The molecule has 0 bridgehead atoms. The third-order valence-corrected chi connectivity index (χ3v) is 5.81. The number of pyridine rings is 1. The van der Waals surface area contributed by atoms with E-state index in [1.165, 1.54) is 17.5 Å². The SMILES string of the molecule is CC(=O)Nc1nc2c(-c3cccc(C(F)(F)F)c3)c(C)c(-c3nccn3-c3ccc(C#N)cc3)cn2n1. The van der Waals surface area contributed by atoms with Gasteiger partial charge in [0, 0.05) is 42.3 Å². The number of hydrogen-bond acceptors (Lipinski definition) is 5. The van der Waals surface area contributed by atoms with E-state index in [9.17, 15) is 18.0 Å². The number of imidazole rings is 1. The van der Waals surface area contributed by atoms with Gasteiger partial charge in [-0.2, -0.15) is 23.4 Å². The minimum atomic E-state index is -4.53. The number of aromatic nitrogens is 5. The molecule has 37 heavy (non-hydrogen) atoms. The third kappa shape index (κ3) is 4.40. The van der Waals surface area contributed by atoms with E-state index >= 15 is 0 Å². The Balaban J connectivity index is 1.77. The number of carbonyl (C=O) groups excluding carboxylic acids is 1. The molecule has 0 aliphatic rings. The summed E-state index contributed by atoms with van der Waals surface area (Å²) in [5.41, 5.74) is 2.64. The summed E-state index contributed by atoms with van der Waals surface area (Å²) in [6, 6.07) is 14.0. The molecule has 0 spiro atoms. The van der Waals surface area contributed by atoms with E-state index in [1.807, 2.05) is 0 Å². The van der Waals surface area contributed by atoms with Crippen LogP contribution in [0.4, 0.5) is 19.1 Å². The van der Waals surface area contributed by atoms with E-state index in [0.717, 1.165) is 17.8 Å². The summed E-state index contributed by atoms with van der Waals surface area (Å²) in [7, 11) is 0. The summed E-state index contributed by atoms with van der Waals surface area (Å²) < 4.78 is 43.8. The molecule has 3 aromatic heterocycles. The predicted molar refractivity (Wildman–Crippen MR) is 130 cm³/mol. The summed E-state index contributed by atoms with van der Waals surface area (Å²) in [6.45, 7) is 3.08. The van der Waals surface area contributed by atoms with Crippen molar-refractivity contribution in [1.29, 1.82) is 5.26 Å². The van der Waals surface area contributed by atoms with Gasteiger partial charge in [-0.3, -0.25) is 14.7 Å². The van der Waals surface area contributed by atoms with E-state index in [4.69, 9.17) is 5.26 Å². The molecule has 0 atom stereocenters. The normalized spacial score (nSPS) is 11.5. The lowest BCUT2D eigenvalue weighted by Crippen LogP contribution is -2.07. The van der Waals surface area contributed by atoms with Crippen molar-refractivity contribution in [2.45, 2.75) is 20.0 Å². The number of nitrogens with one attached hydrogen (secondary N) is 1. The Bertz CT molecular complexity index is 1690. The highest BCUT2D eigenvalue weighted by Crippen LogP contribution is 2.38. The Morgan fingerprint density at radius 3 is 2.57 bits per heavy atom. The van der Waals surface area contributed by atoms with Crippen LogP contribution >= 0.6 is 0 Å². The minimum Gasteiger partial charge on any atom is -0.300 e. The highest BCUT2D eigenvalue weighted by Gasteiger charge is 2.31. The summed E-state index contributed by atoms with van der Waals surface area (Å²) in [5, 5.41) is 16.0. The number of anilines is 1. The summed E-state index contributed by atoms with van der Waals surface area (Å²) >= 11 is 0. The first kappa shape index (κ1) is 23.7. The molecule has 2 aromatic carbocycles. The van der Waals surface area contributed by atoms with Crippen LogP contribution in [0, 0.1) is 18.3 Å². The molecule has 5 aromatic rings. The number of halogens is 3. The molecule has 0 unspecified atom stereocenters. The van der Waals surface area contributed by atoms with Crippen LogP contribution in [0.1, 0.15) is 23.6 Å². The van der Waals surface area contributed by atoms with Gasteiger partial charge in [-0.05, 0) is 54.4 Å². The quantitative estimate of drug-likeness (QED) is 0.355. The Kier molecular flexibility index (Phi) is 5.72. The Labute approximate surface area is 208 Å². The van der Waals surface area contributed by atoms with Crippen LogP contribution in [0.15, 0.2) is 67.1 Å². The van der Waals surface area contributed by atoms with Crippen LogP contribution in [0.5, 0.6) is 0 Å². The van der Waals surface area contributed by atoms with Crippen molar-refractivity contribution >= 4 is 17.5 Å². The summed E-state index contributed by atoms with van der Waals surface area (Å²) in [6.07, 6.45) is 0.487. The van der Waals surface area contributed by atoms with Crippen LogP contribution in [0.25, 0.3) is 33.8 Å². The second-order valence-corrected chi connectivity index (χ2v) is 8.29. The van der Waals surface area contributed by atoms with Crippen molar-refractivity contribution < 1.29 is 18.0 Å². The summed E-state index contributed by atoms with van der Waals surface area (Å²) in [4.78, 5) is 20.5. The van der Waals surface area contributed by atoms with Crippen molar-refractivity contribution in [3.63, 3.8) is 0 Å². The lowest BCUT2D eigenvalue weighted by Gasteiger charge is -2.16. The molecule has 1 amide bonds. The molecule has 11 heteroatoms. The standard InChI is InChI=1S/C26H18F3N7O/c1-15-21(23-31-10-11-35(23)20-8-6-17(13-30)7-9-20)14-36-24(33-25(34-36)32-16(2)37)22(15)18-4-3-5-19(12-18)26(27,28)29/h3-12,14H,1-2H3,(H,32,34,37). The van der Waals surface area contributed by atoms with E-state index in [2.05, 4.69) is 26.5 Å². The van der Waals surface area contributed by atoms with Gasteiger partial charge in [0.2, 0.25) is 11.9 Å². The first-order valence-electron chi connectivity index (χ1n) is 11.0. The molecule has 0 aliphatic heterocycles. The number of benzene rings is 2. The van der Waals surface area contributed by atoms with Gasteiger partial charge in [0.1, 0.15) is 5.82 Å². The zero-order valence-corrected chi connectivity index (χ0v) is 19.6. The highest BCUT2D eigenvalue weighted by atomic mass is 19.4. The third-order valence-electron chi connectivity index (χ3n) is 5.81. The molecule has 5 rings (SSSR count). The van der Waals surface area contributed by atoms with Gasteiger partial charge in [0.15, 0.2) is 5.65 Å². The fourth-order valence-corrected chi connectivity index (χ4v) is 4.15. The fourth-order valence-electron chi connectivity index (χ4n) is 4.15. The molecule has 3 heterocycles. The van der Waals surface area contributed by atoms with Gasteiger partial charge in [-0.25, -0.2) is 9.50 Å². The second kappa shape index (κ2) is 8.91. The largest absolute Gasteiger partial charge is 0.416 e. The van der Waals surface area contributed by atoms with Crippen molar-refractivity contribution in [3.8, 4) is 34.3 Å². The van der Waals surface area contributed by atoms with Crippen LogP contribution in [-0.2, 0) is 11.0 Å². The fraction of sp³-hybridized carbons (Fsp3) is 0.115. The molecule has 8 nitrogen and oxygen atoms in total. The van der Waals surface area contributed by atoms with E-state index in [0.29, 0.717) is 28.1 Å². The molecule has 0 fully saturated rings. The lowest BCUT2D eigenvalue weighted by atomic mass is 9.96. The second-order valence-electron chi connectivity index (χ2n) is 8.29. The number of amides is 1. The smallest absolute Gasteiger partial charge is 0.300 e. The minimum absolute atomic E-state index is 0.0210. The highest BCUT2D eigenvalue weighted by molar-refractivity contribution is 5.89.